The van der Waals surface area contributed by atoms with Gasteiger partial charge in [-0.25, -0.2) is 0 Å². The van der Waals surface area contributed by atoms with Crippen LogP contribution in [0.5, 0.6) is 0 Å². The summed E-state index contributed by atoms with van der Waals surface area (Å²) in [5.41, 5.74) is 0. The lowest BCUT2D eigenvalue weighted by atomic mass is 9.97. The number of hydrogen-bond acceptors (Lipinski definition) is 15. The summed E-state index contributed by atoms with van der Waals surface area (Å²) in [6, 6.07) is 0. The van der Waals surface area contributed by atoms with Crippen LogP contribution in [-0.2, 0) is 38.0 Å². The average Bonchev–Trinajstić information content (AvgIpc) is 2.94. The Balaban J connectivity index is 1.63. The lowest BCUT2D eigenvalue weighted by Gasteiger charge is -2.45. The van der Waals surface area contributed by atoms with Gasteiger partial charge in [-0.05, 0) is 0 Å². The molecule has 0 aliphatic carbocycles. The lowest BCUT2D eigenvalue weighted by Crippen LogP contribution is -2.64. The third kappa shape index (κ3) is 10.8. The molecule has 0 spiro atoms. The van der Waals surface area contributed by atoms with Crippen LogP contribution in [0.4, 0.5) is 0 Å². The third-order valence-electron chi connectivity index (χ3n) is 5.90. The normalized spacial score (nSPS) is 35.2. The first-order valence-electron chi connectivity index (χ1n) is 12.5. The molecule has 0 aromatic heterocycles. The van der Waals surface area contributed by atoms with E-state index in [0.717, 1.165) is 0 Å². The minimum Gasteiger partial charge on any atom is -0.394 e. The molecule has 10 atom stereocenters. The Bertz CT molecular complexity index is 677. The number of ether oxygens (including phenoxy) is 7. The van der Waals surface area contributed by atoms with Gasteiger partial charge in [-0.1, -0.05) is 0 Å². The van der Waals surface area contributed by atoms with Crippen molar-refractivity contribution in [1.82, 2.24) is 5.32 Å². The minimum atomic E-state index is -1.75. The van der Waals surface area contributed by atoms with E-state index in [1.807, 2.05) is 0 Å². The fraction of sp³-hybridized carbons (Fsp3) is 0.955. The zero-order valence-corrected chi connectivity index (χ0v) is 22.1. The molecule has 2 fully saturated rings. The van der Waals surface area contributed by atoms with Crippen molar-refractivity contribution in [2.75, 3.05) is 71.9 Å². The molecule has 230 valence electrons. The highest BCUT2D eigenvalue weighted by molar-refractivity contribution is 6.27. The van der Waals surface area contributed by atoms with Crippen molar-refractivity contribution < 1.29 is 73.7 Å². The van der Waals surface area contributed by atoms with E-state index in [9.17, 15) is 40.5 Å². The number of nitrogens with one attached hydrogen (secondary N) is 1. The topological polar surface area (TPSA) is 235 Å². The molecule has 0 saturated carbocycles. The Morgan fingerprint density at radius 3 is 1.82 bits per heavy atom. The molecule has 0 bridgehead atoms. The van der Waals surface area contributed by atoms with Crippen LogP contribution in [0.3, 0.4) is 0 Å². The highest BCUT2D eigenvalue weighted by Gasteiger charge is 2.50. The summed E-state index contributed by atoms with van der Waals surface area (Å²) in [6.07, 6.45) is -15.1. The largest absolute Gasteiger partial charge is 0.394 e. The highest BCUT2D eigenvalue weighted by atomic mass is 35.5. The number of rotatable bonds is 18. The lowest BCUT2D eigenvalue weighted by molar-refractivity contribution is -0.359. The van der Waals surface area contributed by atoms with Crippen LogP contribution in [0, 0.1) is 0 Å². The molecule has 0 aromatic carbocycles. The summed E-state index contributed by atoms with van der Waals surface area (Å²) in [6.45, 7) is 0.640. The summed E-state index contributed by atoms with van der Waals surface area (Å²) >= 11 is 5.35. The Labute approximate surface area is 230 Å². The van der Waals surface area contributed by atoms with Crippen molar-refractivity contribution in [2.24, 2.45) is 0 Å². The van der Waals surface area contributed by atoms with E-state index in [1.165, 1.54) is 0 Å². The maximum atomic E-state index is 10.9. The molecule has 8 N–H and O–H groups in total. The molecule has 2 saturated heterocycles. The molecule has 2 aliphatic rings. The van der Waals surface area contributed by atoms with Crippen LogP contribution in [-0.4, -0.2) is 175 Å². The molecule has 17 heteroatoms. The molecule has 1 amide bonds. The number of carbonyl (C=O) groups is 1. The van der Waals surface area contributed by atoms with Gasteiger partial charge in [0.15, 0.2) is 12.6 Å². The molecule has 2 heterocycles. The second kappa shape index (κ2) is 18.6. The van der Waals surface area contributed by atoms with E-state index in [-0.39, 0.29) is 38.2 Å². The predicted octanol–water partition coefficient (Wildman–Crippen LogP) is -4.97. The average molecular weight is 594 g/mol. The van der Waals surface area contributed by atoms with E-state index in [2.05, 4.69) is 5.32 Å². The van der Waals surface area contributed by atoms with E-state index >= 15 is 0 Å². The van der Waals surface area contributed by atoms with Crippen LogP contribution in [0.1, 0.15) is 0 Å². The Kier molecular flexibility index (Phi) is 16.4. The first-order valence-corrected chi connectivity index (χ1v) is 13.0. The SMILES string of the molecule is O=C(CCl)NCCOCCOCCOCCO[C@@H]1O[C@H](CO)[C@@H](O[C@@H]2O[C@H](CO)[C@H](O)[C@H](O)[C@H]2O)[C@H](O)[C@H]1O. The van der Waals surface area contributed by atoms with Crippen molar-refractivity contribution in [3.05, 3.63) is 0 Å². The van der Waals surface area contributed by atoms with Crippen LogP contribution >= 0.6 is 11.6 Å². The summed E-state index contributed by atoms with van der Waals surface area (Å²) in [7, 11) is 0. The van der Waals surface area contributed by atoms with Gasteiger partial charge in [0.25, 0.3) is 0 Å². The van der Waals surface area contributed by atoms with Crippen molar-refractivity contribution in [2.45, 2.75) is 61.4 Å². The standard InChI is InChI=1S/C22H40ClNO15/c23-9-14(27)24-1-2-33-3-4-34-5-6-35-7-8-36-21-19(32)17(30)20(13(11-26)38-21)39-22-18(31)16(29)15(28)12(10-25)37-22/h12-13,15-22,25-26,28-32H,1-11H2,(H,24,27)/t12-,13-,15+,16+,17-,18-,19-,20-,21-,22+/m1/s1. The van der Waals surface area contributed by atoms with Crippen LogP contribution < -0.4 is 5.32 Å². The molecule has 0 aromatic rings. The second-order valence-electron chi connectivity index (χ2n) is 8.70. The number of amides is 1. The van der Waals surface area contributed by atoms with Crippen LogP contribution in [0.15, 0.2) is 0 Å². The first kappa shape index (κ1) is 34.4. The molecular formula is C22H40ClNO15. The Morgan fingerprint density at radius 2 is 1.23 bits per heavy atom. The van der Waals surface area contributed by atoms with Crippen molar-refractivity contribution in [1.29, 1.82) is 0 Å². The fourth-order valence-electron chi connectivity index (χ4n) is 3.77. The highest BCUT2D eigenvalue weighted by Crippen LogP contribution is 2.29. The number of carbonyl (C=O) groups excluding carboxylic acids is 1. The number of halogens is 1. The number of aliphatic hydroxyl groups is 7. The molecule has 39 heavy (non-hydrogen) atoms. The van der Waals surface area contributed by atoms with Gasteiger partial charge in [0.2, 0.25) is 5.91 Å². The molecule has 2 rings (SSSR count). The van der Waals surface area contributed by atoms with Gasteiger partial charge in [0.05, 0.1) is 59.5 Å². The Hall–Kier alpha value is -0.800. The molecule has 2 aliphatic heterocycles. The van der Waals surface area contributed by atoms with Gasteiger partial charge in [-0.3, -0.25) is 4.79 Å². The van der Waals surface area contributed by atoms with E-state index in [1.54, 1.807) is 0 Å². The zero-order chi connectivity index (χ0) is 28.8. The van der Waals surface area contributed by atoms with E-state index in [0.29, 0.717) is 26.4 Å². The van der Waals surface area contributed by atoms with E-state index < -0.39 is 74.6 Å². The second-order valence-corrected chi connectivity index (χ2v) is 8.96. The number of aliphatic hydroxyl groups excluding tert-OH is 7. The van der Waals surface area contributed by atoms with Crippen molar-refractivity contribution >= 4 is 17.5 Å². The van der Waals surface area contributed by atoms with Gasteiger partial charge in [0, 0.05) is 6.54 Å². The minimum absolute atomic E-state index is 0.0258. The summed E-state index contributed by atoms with van der Waals surface area (Å²) < 4.78 is 37.6. The summed E-state index contributed by atoms with van der Waals surface area (Å²) in [4.78, 5) is 10.9. The smallest absolute Gasteiger partial charge is 0.235 e. The maximum Gasteiger partial charge on any atom is 0.235 e. The van der Waals surface area contributed by atoms with Gasteiger partial charge in [-0.2, -0.15) is 0 Å². The van der Waals surface area contributed by atoms with Crippen molar-refractivity contribution in [3.63, 3.8) is 0 Å². The van der Waals surface area contributed by atoms with Gasteiger partial charge in [0.1, 0.15) is 54.7 Å². The van der Waals surface area contributed by atoms with Gasteiger partial charge in [-0.15, -0.1) is 11.6 Å². The quantitative estimate of drug-likeness (QED) is 0.0549. The van der Waals surface area contributed by atoms with Crippen LogP contribution in [0.25, 0.3) is 0 Å². The van der Waals surface area contributed by atoms with Crippen LogP contribution in [0.2, 0.25) is 0 Å². The molecule has 0 radical (unpaired) electrons. The fourth-order valence-corrected chi connectivity index (χ4v) is 3.86. The number of hydrogen-bond donors (Lipinski definition) is 8. The molecular weight excluding hydrogens is 554 g/mol. The predicted molar refractivity (Wildman–Crippen MR) is 129 cm³/mol. The Morgan fingerprint density at radius 1 is 0.692 bits per heavy atom. The molecule has 0 unspecified atom stereocenters. The maximum absolute atomic E-state index is 10.9. The summed E-state index contributed by atoms with van der Waals surface area (Å²) in [5.74, 6) is -0.367. The van der Waals surface area contributed by atoms with Gasteiger partial charge >= 0.3 is 0 Å². The zero-order valence-electron chi connectivity index (χ0n) is 21.3. The molecule has 16 nitrogen and oxygen atoms in total. The monoisotopic (exact) mass is 593 g/mol. The van der Waals surface area contributed by atoms with E-state index in [4.69, 9.17) is 44.8 Å². The number of alkyl halides is 1. The van der Waals surface area contributed by atoms with Gasteiger partial charge < -0.3 is 74.2 Å². The first-order chi connectivity index (χ1) is 18.7. The van der Waals surface area contributed by atoms with Crippen molar-refractivity contribution in [3.8, 4) is 0 Å². The summed E-state index contributed by atoms with van der Waals surface area (Å²) in [5, 5.41) is 72.6. The third-order valence-corrected chi connectivity index (χ3v) is 6.15.